The van der Waals surface area contributed by atoms with Crippen LogP contribution in [0.25, 0.3) is 0 Å². The van der Waals surface area contributed by atoms with E-state index in [1.165, 1.54) is 0 Å². The van der Waals surface area contributed by atoms with Gasteiger partial charge in [-0.15, -0.1) is 0 Å². The third kappa shape index (κ3) is 2.83. The molecule has 0 aromatic carbocycles. The lowest BCUT2D eigenvalue weighted by Crippen LogP contribution is -2.07. The van der Waals surface area contributed by atoms with E-state index in [4.69, 9.17) is 4.74 Å². The van der Waals surface area contributed by atoms with Crippen molar-refractivity contribution in [3.63, 3.8) is 0 Å². The fourth-order valence-corrected chi connectivity index (χ4v) is 1.06. The van der Waals surface area contributed by atoms with Gasteiger partial charge in [0, 0.05) is 13.5 Å². The number of anilines is 1. The Balaban J connectivity index is 2.92. The van der Waals surface area contributed by atoms with Crippen molar-refractivity contribution in [2.24, 2.45) is 5.92 Å². The highest BCUT2D eigenvalue weighted by Crippen LogP contribution is 2.09. The van der Waals surface area contributed by atoms with Crippen LogP contribution >= 0.6 is 0 Å². The van der Waals surface area contributed by atoms with Crippen LogP contribution in [-0.4, -0.2) is 29.1 Å². The van der Waals surface area contributed by atoms with Crippen LogP contribution < -0.4 is 10.1 Å². The van der Waals surface area contributed by atoms with Crippen molar-refractivity contribution < 1.29 is 4.74 Å². The summed E-state index contributed by atoms with van der Waals surface area (Å²) in [4.78, 5) is 12.4. The third-order valence-electron chi connectivity index (χ3n) is 1.66. The van der Waals surface area contributed by atoms with Gasteiger partial charge in [-0.3, -0.25) is 0 Å². The van der Waals surface area contributed by atoms with Crippen LogP contribution in [0, 0.1) is 5.92 Å². The van der Waals surface area contributed by atoms with Crippen molar-refractivity contribution in [3.05, 3.63) is 5.82 Å². The van der Waals surface area contributed by atoms with Crippen LogP contribution in [0.3, 0.4) is 0 Å². The van der Waals surface area contributed by atoms with E-state index in [9.17, 15) is 0 Å². The molecule has 78 valence electrons. The second kappa shape index (κ2) is 4.74. The number of aromatic nitrogens is 3. The predicted molar refractivity (Wildman–Crippen MR) is 54.5 cm³/mol. The summed E-state index contributed by atoms with van der Waals surface area (Å²) in [6.45, 7) is 4.24. The number of nitrogens with zero attached hydrogens (tertiary/aromatic N) is 3. The Morgan fingerprint density at radius 2 is 2.00 bits per heavy atom. The zero-order chi connectivity index (χ0) is 10.6. The molecule has 0 atom stereocenters. The summed E-state index contributed by atoms with van der Waals surface area (Å²) in [5, 5.41) is 2.87. The summed E-state index contributed by atoms with van der Waals surface area (Å²) in [5.41, 5.74) is 0. The van der Waals surface area contributed by atoms with Crippen LogP contribution in [-0.2, 0) is 6.42 Å². The quantitative estimate of drug-likeness (QED) is 0.782. The average Bonchev–Trinajstić information content (AvgIpc) is 2.16. The van der Waals surface area contributed by atoms with E-state index < -0.39 is 0 Å². The summed E-state index contributed by atoms with van der Waals surface area (Å²) < 4.78 is 4.98. The van der Waals surface area contributed by atoms with E-state index in [1.807, 2.05) is 0 Å². The smallest absolute Gasteiger partial charge is 0.321 e. The van der Waals surface area contributed by atoms with E-state index >= 15 is 0 Å². The molecule has 14 heavy (non-hydrogen) atoms. The second-order valence-electron chi connectivity index (χ2n) is 3.41. The van der Waals surface area contributed by atoms with Crippen molar-refractivity contribution in [1.29, 1.82) is 0 Å². The maximum absolute atomic E-state index is 4.98. The molecule has 0 radical (unpaired) electrons. The lowest BCUT2D eigenvalue weighted by atomic mass is 10.1. The molecule has 1 aromatic rings. The molecule has 5 heteroatoms. The topological polar surface area (TPSA) is 59.9 Å². The summed E-state index contributed by atoms with van der Waals surface area (Å²) in [7, 11) is 3.32. The molecule has 5 nitrogen and oxygen atoms in total. The first-order valence-corrected chi connectivity index (χ1v) is 4.62. The molecule has 0 saturated heterocycles. The van der Waals surface area contributed by atoms with E-state index in [1.54, 1.807) is 14.2 Å². The standard InChI is InChI=1S/C9H16N4O/c1-6(2)5-7-11-8(10-3)13-9(12-7)14-4/h6H,5H2,1-4H3,(H,10,11,12,13). The molecule has 1 rings (SSSR count). The molecule has 0 unspecified atom stereocenters. The average molecular weight is 196 g/mol. The van der Waals surface area contributed by atoms with Crippen molar-refractivity contribution in [3.8, 4) is 6.01 Å². The number of rotatable bonds is 4. The van der Waals surface area contributed by atoms with E-state index in [2.05, 4.69) is 34.1 Å². The summed E-state index contributed by atoms with van der Waals surface area (Å²) in [6, 6.07) is 0.361. The summed E-state index contributed by atoms with van der Waals surface area (Å²) in [5.74, 6) is 1.83. The minimum atomic E-state index is 0.361. The molecule has 0 amide bonds. The highest BCUT2D eigenvalue weighted by atomic mass is 16.5. The Labute approximate surface area is 83.9 Å². The van der Waals surface area contributed by atoms with Crippen LogP contribution in [0.4, 0.5) is 5.95 Å². The maximum atomic E-state index is 4.98. The van der Waals surface area contributed by atoms with Crippen molar-refractivity contribution in [2.45, 2.75) is 20.3 Å². The first-order valence-electron chi connectivity index (χ1n) is 4.62. The van der Waals surface area contributed by atoms with E-state index in [0.29, 0.717) is 17.9 Å². The Morgan fingerprint density at radius 3 is 2.50 bits per heavy atom. The molecular formula is C9H16N4O. The number of hydrogen-bond donors (Lipinski definition) is 1. The molecule has 0 aliphatic rings. The molecule has 0 aliphatic heterocycles. The van der Waals surface area contributed by atoms with Gasteiger partial charge in [0.2, 0.25) is 5.95 Å². The minimum Gasteiger partial charge on any atom is -0.467 e. The Kier molecular flexibility index (Phi) is 3.62. The Bertz CT molecular complexity index is 279. The first-order chi connectivity index (χ1) is 6.65. The number of methoxy groups -OCH3 is 1. The molecule has 1 heterocycles. The zero-order valence-electron chi connectivity index (χ0n) is 9.03. The zero-order valence-corrected chi connectivity index (χ0v) is 9.03. The van der Waals surface area contributed by atoms with Gasteiger partial charge in [-0.25, -0.2) is 0 Å². The molecule has 0 spiro atoms. The Hall–Kier alpha value is -1.39. The van der Waals surface area contributed by atoms with Crippen molar-refractivity contribution in [1.82, 2.24) is 15.0 Å². The van der Waals surface area contributed by atoms with E-state index in [0.717, 1.165) is 12.2 Å². The van der Waals surface area contributed by atoms with Crippen LogP contribution in [0.15, 0.2) is 0 Å². The van der Waals surface area contributed by atoms with Gasteiger partial charge in [0.15, 0.2) is 0 Å². The third-order valence-corrected chi connectivity index (χ3v) is 1.66. The molecule has 0 fully saturated rings. The van der Waals surface area contributed by atoms with Crippen molar-refractivity contribution >= 4 is 5.95 Å². The predicted octanol–water partition coefficient (Wildman–Crippen LogP) is 1.12. The van der Waals surface area contributed by atoms with E-state index in [-0.39, 0.29) is 0 Å². The summed E-state index contributed by atoms with van der Waals surface area (Å²) >= 11 is 0. The monoisotopic (exact) mass is 196 g/mol. The Morgan fingerprint density at radius 1 is 1.29 bits per heavy atom. The SMILES string of the molecule is CNc1nc(CC(C)C)nc(OC)n1. The number of ether oxygens (including phenoxy) is 1. The van der Waals surface area contributed by atoms with Crippen LogP contribution in [0.1, 0.15) is 19.7 Å². The summed E-state index contributed by atoms with van der Waals surface area (Å²) in [6.07, 6.45) is 0.827. The van der Waals surface area contributed by atoms with Gasteiger partial charge in [0.25, 0.3) is 0 Å². The molecule has 0 saturated carbocycles. The van der Waals surface area contributed by atoms with Crippen molar-refractivity contribution in [2.75, 3.05) is 19.5 Å². The molecule has 1 aromatic heterocycles. The first kappa shape index (κ1) is 10.7. The molecule has 1 N–H and O–H groups in total. The van der Waals surface area contributed by atoms with Crippen LogP contribution in [0.5, 0.6) is 6.01 Å². The van der Waals surface area contributed by atoms with Gasteiger partial charge in [0.1, 0.15) is 5.82 Å². The lowest BCUT2D eigenvalue weighted by Gasteiger charge is -2.06. The fraction of sp³-hybridized carbons (Fsp3) is 0.667. The number of nitrogens with one attached hydrogen (secondary N) is 1. The van der Waals surface area contributed by atoms with Gasteiger partial charge >= 0.3 is 6.01 Å². The largest absolute Gasteiger partial charge is 0.467 e. The van der Waals surface area contributed by atoms with Crippen LogP contribution in [0.2, 0.25) is 0 Å². The van der Waals surface area contributed by atoms with Gasteiger partial charge in [-0.1, -0.05) is 13.8 Å². The second-order valence-corrected chi connectivity index (χ2v) is 3.41. The highest BCUT2D eigenvalue weighted by molar-refractivity contribution is 5.24. The van der Waals surface area contributed by atoms with Gasteiger partial charge < -0.3 is 10.1 Å². The molecule has 0 aliphatic carbocycles. The molecule has 0 bridgehead atoms. The number of hydrogen-bond acceptors (Lipinski definition) is 5. The lowest BCUT2D eigenvalue weighted by molar-refractivity contribution is 0.375. The molecular weight excluding hydrogens is 180 g/mol. The minimum absolute atomic E-state index is 0.361. The fourth-order valence-electron chi connectivity index (χ4n) is 1.06. The van der Waals surface area contributed by atoms with Gasteiger partial charge in [-0.2, -0.15) is 15.0 Å². The highest BCUT2D eigenvalue weighted by Gasteiger charge is 2.06. The van der Waals surface area contributed by atoms with Gasteiger partial charge in [-0.05, 0) is 5.92 Å². The maximum Gasteiger partial charge on any atom is 0.321 e. The normalized spacial score (nSPS) is 10.4. The van der Waals surface area contributed by atoms with Gasteiger partial charge in [0.05, 0.1) is 7.11 Å².